The summed E-state index contributed by atoms with van der Waals surface area (Å²) in [5.41, 5.74) is 1.53. The van der Waals surface area contributed by atoms with Gasteiger partial charge >= 0.3 is 0 Å². The molecule has 0 saturated carbocycles. The summed E-state index contributed by atoms with van der Waals surface area (Å²) in [4.78, 5) is 15.9. The van der Waals surface area contributed by atoms with Crippen molar-refractivity contribution in [1.82, 2.24) is 9.36 Å². The van der Waals surface area contributed by atoms with E-state index in [2.05, 4.69) is 14.7 Å². The van der Waals surface area contributed by atoms with Crippen LogP contribution in [0.5, 0.6) is 0 Å². The van der Waals surface area contributed by atoms with E-state index in [1.807, 2.05) is 13.0 Å². The van der Waals surface area contributed by atoms with Crippen molar-refractivity contribution < 1.29 is 4.79 Å². The van der Waals surface area contributed by atoms with Gasteiger partial charge in [0.1, 0.15) is 0 Å². The number of hydrogen-bond donors (Lipinski definition) is 1. The van der Waals surface area contributed by atoms with Gasteiger partial charge < -0.3 is 0 Å². The van der Waals surface area contributed by atoms with Crippen LogP contribution in [-0.4, -0.2) is 15.3 Å². The van der Waals surface area contributed by atoms with Gasteiger partial charge in [0.2, 0.25) is 5.13 Å². The van der Waals surface area contributed by atoms with Gasteiger partial charge in [0.05, 0.1) is 0 Å². The van der Waals surface area contributed by atoms with E-state index < -0.39 is 3.79 Å². The summed E-state index contributed by atoms with van der Waals surface area (Å²) in [7, 11) is 0. The largest absolute Gasteiger partial charge is 0.297 e. The lowest BCUT2D eigenvalue weighted by molar-refractivity contribution is 0.102. The van der Waals surface area contributed by atoms with Crippen LogP contribution in [0.15, 0.2) is 24.3 Å². The summed E-state index contributed by atoms with van der Waals surface area (Å²) in [6.45, 7) is 1.91. The molecule has 2 rings (SSSR count). The minimum Gasteiger partial charge on any atom is -0.297 e. The average molecular weight is 337 g/mol. The number of benzene rings is 1. The molecule has 0 aliphatic rings. The quantitative estimate of drug-likeness (QED) is 0.846. The molecule has 1 heterocycles. The standard InChI is InChI=1S/C11H8Cl3N3OS/c1-6-3-2-4-7(5-6)8(18)15-10-16-9(17-19-10)11(12,13)14/h2-5H,1H3,(H,15,16,17,18). The first kappa shape index (κ1) is 14.5. The minimum absolute atomic E-state index is 0.0436. The predicted molar refractivity (Wildman–Crippen MR) is 78.3 cm³/mol. The Labute approximate surface area is 128 Å². The van der Waals surface area contributed by atoms with Gasteiger partial charge in [-0.3, -0.25) is 10.1 Å². The fourth-order valence-corrected chi connectivity index (χ4v) is 2.37. The van der Waals surface area contributed by atoms with E-state index in [0.717, 1.165) is 17.1 Å². The maximum absolute atomic E-state index is 12.0. The van der Waals surface area contributed by atoms with Crippen LogP contribution in [0.1, 0.15) is 21.7 Å². The lowest BCUT2D eigenvalue weighted by Gasteiger charge is -2.04. The Bertz CT molecular complexity index is 609. The van der Waals surface area contributed by atoms with Crippen molar-refractivity contribution in [2.45, 2.75) is 10.7 Å². The monoisotopic (exact) mass is 335 g/mol. The first-order chi connectivity index (χ1) is 8.86. The zero-order valence-corrected chi connectivity index (χ0v) is 12.7. The minimum atomic E-state index is -1.69. The number of nitrogens with zero attached hydrogens (tertiary/aromatic N) is 2. The van der Waals surface area contributed by atoms with Gasteiger partial charge in [0.15, 0.2) is 5.82 Å². The number of alkyl halides is 3. The maximum atomic E-state index is 12.0. The molecule has 4 nitrogen and oxygen atoms in total. The molecule has 0 radical (unpaired) electrons. The van der Waals surface area contributed by atoms with E-state index in [-0.39, 0.29) is 16.9 Å². The lowest BCUT2D eigenvalue weighted by Crippen LogP contribution is -2.12. The number of carbonyl (C=O) groups is 1. The SMILES string of the molecule is Cc1cccc(C(=O)Nc2nc(C(Cl)(Cl)Cl)ns2)c1. The topological polar surface area (TPSA) is 54.9 Å². The third-order valence-corrected chi connectivity index (χ3v) is 3.32. The number of anilines is 1. The molecule has 1 N–H and O–H groups in total. The maximum Gasteiger partial charge on any atom is 0.257 e. The molecule has 1 aromatic carbocycles. The van der Waals surface area contributed by atoms with Crippen molar-refractivity contribution in [3.63, 3.8) is 0 Å². The third-order valence-electron chi connectivity index (χ3n) is 2.18. The molecule has 1 aromatic heterocycles. The molecule has 0 unspecified atom stereocenters. The molecule has 100 valence electrons. The number of halogens is 3. The molecule has 0 spiro atoms. The van der Waals surface area contributed by atoms with Gasteiger partial charge in [-0.1, -0.05) is 52.5 Å². The lowest BCUT2D eigenvalue weighted by atomic mass is 10.1. The Morgan fingerprint density at radius 1 is 1.37 bits per heavy atom. The molecule has 0 aliphatic carbocycles. The number of aromatic nitrogens is 2. The number of nitrogens with one attached hydrogen (secondary N) is 1. The van der Waals surface area contributed by atoms with Crippen LogP contribution in [0, 0.1) is 6.92 Å². The summed E-state index contributed by atoms with van der Waals surface area (Å²) in [5.74, 6) is -0.238. The van der Waals surface area contributed by atoms with Crippen LogP contribution in [0.3, 0.4) is 0 Å². The molecular formula is C11H8Cl3N3OS. The van der Waals surface area contributed by atoms with E-state index >= 15 is 0 Å². The third kappa shape index (κ3) is 3.79. The van der Waals surface area contributed by atoms with Crippen LogP contribution < -0.4 is 5.32 Å². The Hall–Kier alpha value is -0.880. The van der Waals surface area contributed by atoms with Crippen LogP contribution in [-0.2, 0) is 3.79 Å². The number of carbonyl (C=O) groups excluding carboxylic acids is 1. The molecular weight excluding hydrogens is 329 g/mol. The second-order valence-electron chi connectivity index (χ2n) is 3.74. The van der Waals surface area contributed by atoms with Crippen LogP contribution >= 0.6 is 46.3 Å². The van der Waals surface area contributed by atoms with E-state index in [4.69, 9.17) is 34.8 Å². The zero-order valence-electron chi connectivity index (χ0n) is 9.65. The number of amides is 1. The number of rotatable bonds is 2. The molecule has 19 heavy (non-hydrogen) atoms. The van der Waals surface area contributed by atoms with Crippen LogP contribution in [0.4, 0.5) is 5.13 Å². The van der Waals surface area contributed by atoms with Crippen molar-refractivity contribution in [2.24, 2.45) is 0 Å². The van der Waals surface area contributed by atoms with E-state index in [9.17, 15) is 4.79 Å². The normalized spacial score (nSPS) is 11.4. The molecule has 0 saturated heterocycles. The Morgan fingerprint density at radius 3 is 2.68 bits per heavy atom. The summed E-state index contributed by atoms with van der Waals surface area (Å²) in [5, 5.41) is 2.89. The Balaban J connectivity index is 2.13. The highest BCUT2D eigenvalue weighted by Gasteiger charge is 2.28. The molecule has 0 atom stereocenters. The first-order valence-electron chi connectivity index (χ1n) is 5.15. The van der Waals surface area contributed by atoms with Gasteiger partial charge in [0, 0.05) is 17.1 Å². The van der Waals surface area contributed by atoms with Crippen molar-refractivity contribution in [3.8, 4) is 0 Å². The molecule has 1 amide bonds. The van der Waals surface area contributed by atoms with Gasteiger partial charge in [-0.2, -0.15) is 9.36 Å². The molecule has 0 bridgehead atoms. The highest BCUT2D eigenvalue weighted by Crippen LogP contribution is 2.37. The van der Waals surface area contributed by atoms with E-state index in [0.29, 0.717) is 5.56 Å². The van der Waals surface area contributed by atoms with Crippen LogP contribution in [0.25, 0.3) is 0 Å². The van der Waals surface area contributed by atoms with Gasteiger partial charge in [-0.15, -0.1) is 0 Å². The smallest absolute Gasteiger partial charge is 0.257 e. The highest BCUT2D eigenvalue weighted by atomic mass is 35.6. The molecule has 8 heteroatoms. The van der Waals surface area contributed by atoms with Crippen LogP contribution in [0.2, 0.25) is 0 Å². The van der Waals surface area contributed by atoms with Crippen molar-refractivity contribution in [1.29, 1.82) is 0 Å². The van der Waals surface area contributed by atoms with E-state index in [1.54, 1.807) is 18.2 Å². The first-order valence-corrected chi connectivity index (χ1v) is 7.06. The highest BCUT2D eigenvalue weighted by molar-refractivity contribution is 7.10. The molecule has 0 fully saturated rings. The average Bonchev–Trinajstić information content (AvgIpc) is 2.77. The van der Waals surface area contributed by atoms with Crippen molar-refractivity contribution in [2.75, 3.05) is 5.32 Å². The molecule has 2 aromatic rings. The predicted octanol–water partition coefficient (Wildman–Crippen LogP) is 3.93. The fourth-order valence-electron chi connectivity index (χ4n) is 1.34. The fraction of sp³-hybridized carbons (Fsp3) is 0.182. The van der Waals surface area contributed by atoms with Gasteiger partial charge in [-0.05, 0) is 19.1 Å². The van der Waals surface area contributed by atoms with Crippen molar-refractivity contribution in [3.05, 3.63) is 41.2 Å². The van der Waals surface area contributed by atoms with Crippen molar-refractivity contribution >= 4 is 57.4 Å². The van der Waals surface area contributed by atoms with Gasteiger partial charge in [-0.25, -0.2) is 0 Å². The second-order valence-corrected chi connectivity index (χ2v) is 6.78. The summed E-state index contributed by atoms with van der Waals surface area (Å²) in [6.07, 6.45) is 0. The number of hydrogen-bond acceptors (Lipinski definition) is 4. The second kappa shape index (κ2) is 5.63. The Kier molecular flexibility index (Phi) is 4.30. The zero-order chi connectivity index (χ0) is 14.0. The summed E-state index contributed by atoms with van der Waals surface area (Å²) in [6, 6.07) is 7.19. The van der Waals surface area contributed by atoms with Gasteiger partial charge in [0.25, 0.3) is 9.70 Å². The van der Waals surface area contributed by atoms with E-state index in [1.165, 1.54) is 0 Å². The molecule has 0 aliphatic heterocycles. The Morgan fingerprint density at radius 2 is 2.11 bits per heavy atom. The number of aryl methyl sites for hydroxylation is 1. The summed E-state index contributed by atoms with van der Waals surface area (Å²) >= 11 is 17.9. The summed E-state index contributed by atoms with van der Waals surface area (Å²) < 4.78 is 2.18.